The molecule has 2 N–H and O–H groups in total. The van der Waals surface area contributed by atoms with Crippen molar-refractivity contribution in [2.45, 2.75) is 30.4 Å². The molecule has 0 radical (unpaired) electrons. The fourth-order valence-corrected chi connectivity index (χ4v) is 2.29. The number of nitrogens with one attached hydrogen (secondary N) is 2. The standard InChI is InChI=1S/C13H22N2S/c1-11(2)16-13-6-4-12(5-7-13)8-9-15-10-14-3/h4-7,11,14-15H,8-10H2,1-3H3. The van der Waals surface area contributed by atoms with Crippen molar-refractivity contribution in [1.82, 2.24) is 10.6 Å². The first kappa shape index (κ1) is 13.6. The summed E-state index contributed by atoms with van der Waals surface area (Å²) in [4.78, 5) is 1.36. The fraction of sp³-hybridized carbons (Fsp3) is 0.538. The Labute approximate surface area is 103 Å². The zero-order valence-corrected chi connectivity index (χ0v) is 11.2. The Morgan fingerprint density at radius 2 is 1.88 bits per heavy atom. The van der Waals surface area contributed by atoms with Gasteiger partial charge in [-0.3, -0.25) is 0 Å². The predicted molar refractivity (Wildman–Crippen MR) is 73.1 cm³/mol. The lowest BCUT2D eigenvalue weighted by Gasteiger charge is -2.07. The van der Waals surface area contributed by atoms with Crippen molar-refractivity contribution in [1.29, 1.82) is 0 Å². The van der Waals surface area contributed by atoms with Crippen LogP contribution in [-0.4, -0.2) is 25.5 Å². The second-order valence-electron chi connectivity index (χ2n) is 4.09. The monoisotopic (exact) mass is 238 g/mol. The molecule has 0 aliphatic rings. The number of benzene rings is 1. The third-order valence-corrected chi connectivity index (χ3v) is 3.20. The van der Waals surface area contributed by atoms with E-state index in [1.54, 1.807) is 0 Å². The van der Waals surface area contributed by atoms with E-state index in [-0.39, 0.29) is 0 Å². The average Bonchev–Trinajstić information content (AvgIpc) is 2.26. The summed E-state index contributed by atoms with van der Waals surface area (Å²) in [6.45, 7) is 6.35. The highest BCUT2D eigenvalue weighted by atomic mass is 32.2. The minimum atomic E-state index is 0.656. The normalized spacial score (nSPS) is 11.0. The summed E-state index contributed by atoms with van der Waals surface area (Å²) >= 11 is 1.91. The van der Waals surface area contributed by atoms with E-state index in [4.69, 9.17) is 0 Å². The molecular weight excluding hydrogens is 216 g/mol. The van der Waals surface area contributed by atoms with Crippen LogP contribution in [0.4, 0.5) is 0 Å². The summed E-state index contributed by atoms with van der Waals surface area (Å²) in [6, 6.07) is 8.90. The second kappa shape index (κ2) is 7.71. The third kappa shape index (κ3) is 5.54. The molecule has 0 aromatic heterocycles. The van der Waals surface area contributed by atoms with Crippen molar-refractivity contribution in [3.05, 3.63) is 29.8 Å². The first-order valence-corrected chi connectivity index (χ1v) is 6.71. The summed E-state index contributed by atoms with van der Waals surface area (Å²) in [5, 5.41) is 7.04. The van der Waals surface area contributed by atoms with Gasteiger partial charge in [0.1, 0.15) is 0 Å². The van der Waals surface area contributed by atoms with Crippen molar-refractivity contribution in [3.8, 4) is 0 Å². The van der Waals surface area contributed by atoms with Crippen LogP contribution < -0.4 is 10.6 Å². The molecule has 0 atom stereocenters. The van der Waals surface area contributed by atoms with Gasteiger partial charge in [-0.25, -0.2) is 0 Å². The van der Waals surface area contributed by atoms with E-state index >= 15 is 0 Å². The fourth-order valence-electron chi connectivity index (χ4n) is 1.45. The van der Waals surface area contributed by atoms with Crippen LogP contribution in [0.3, 0.4) is 0 Å². The molecule has 1 aromatic carbocycles. The van der Waals surface area contributed by atoms with Gasteiger partial charge in [0, 0.05) is 23.4 Å². The minimum Gasteiger partial charge on any atom is -0.308 e. The second-order valence-corrected chi connectivity index (χ2v) is 5.74. The Bertz CT molecular complexity index is 282. The predicted octanol–water partition coefficient (Wildman–Crippen LogP) is 2.50. The molecule has 0 spiro atoms. The van der Waals surface area contributed by atoms with Gasteiger partial charge in [0.05, 0.1) is 0 Å². The molecule has 0 aliphatic carbocycles. The SMILES string of the molecule is CNCNCCc1ccc(SC(C)C)cc1. The van der Waals surface area contributed by atoms with Gasteiger partial charge in [0.2, 0.25) is 0 Å². The van der Waals surface area contributed by atoms with Crippen molar-refractivity contribution in [2.75, 3.05) is 20.3 Å². The quantitative estimate of drug-likeness (QED) is 0.433. The molecule has 0 bridgehead atoms. The third-order valence-electron chi connectivity index (χ3n) is 2.19. The van der Waals surface area contributed by atoms with E-state index in [9.17, 15) is 0 Å². The van der Waals surface area contributed by atoms with Crippen molar-refractivity contribution in [3.63, 3.8) is 0 Å². The Hall–Kier alpha value is -0.510. The molecule has 16 heavy (non-hydrogen) atoms. The molecule has 0 heterocycles. The van der Waals surface area contributed by atoms with Crippen LogP contribution in [0.1, 0.15) is 19.4 Å². The van der Waals surface area contributed by atoms with Gasteiger partial charge in [-0.1, -0.05) is 26.0 Å². The Morgan fingerprint density at radius 1 is 1.19 bits per heavy atom. The van der Waals surface area contributed by atoms with Gasteiger partial charge >= 0.3 is 0 Å². The van der Waals surface area contributed by atoms with Crippen molar-refractivity contribution in [2.24, 2.45) is 0 Å². The van der Waals surface area contributed by atoms with Gasteiger partial charge in [-0.05, 0) is 31.2 Å². The average molecular weight is 238 g/mol. The lowest BCUT2D eigenvalue weighted by Crippen LogP contribution is -2.27. The number of thioether (sulfide) groups is 1. The largest absolute Gasteiger partial charge is 0.308 e. The minimum absolute atomic E-state index is 0.656. The van der Waals surface area contributed by atoms with Gasteiger partial charge in [-0.15, -0.1) is 11.8 Å². The van der Waals surface area contributed by atoms with E-state index in [2.05, 4.69) is 48.7 Å². The van der Waals surface area contributed by atoms with Gasteiger partial charge < -0.3 is 10.6 Å². The van der Waals surface area contributed by atoms with Crippen LogP contribution in [0.25, 0.3) is 0 Å². The molecule has 3 heteroatoms. The van der Waals surface area contributed by atoms with E-state index in [0.717, 1.165) is 19.6 Å². The summed E-state index contributed by atoms with van der Waals surface area (Å²) in [5.74, 6) is 0. The molecule has 0 aliphatic heterocycles. The van der Waals surface area contributed by atoms with Crippen LogP contribution in [0.15, 0.2) is 29.2 Å². The Morgan fingerprint density at radius 3 is 2.44 bits per heavy atom. The van der Waals surface area contributed by atoms with Crippen LogP contribution in [-0.2, 0) is 6.42 Å². The smallest absolute Gasteiger partial charge is 0.0451 e. The highest BCUT2D eigenvalue weighted by molar-refractivity contribution is 7.99. The number of rotatable bonds is 7. The zero-order valence-electron chi connectivity index (χ0n) is 10.4. The maximum absolute atomic E-state index is 3.31. The lowest BCUT2D eigenvalue weighted by atomic mass is 10.1. The molecule has 0 amide bonds. The van der Waals surface area contributed by atoms with E-state index in [1.165, 1.54) is 10.5 Å². The zero-order chi connectivity index (χ0) is 11.8. The molecule has 2 nitrogen and oxygen atoms in total. The molecule has 0 unspecified atom stereocenters. The molecule has 1 rings (SSSR count). The molecule has 0 fully saturated rings. The highest BCUT2D eigenvalue weighted by Gasteiger charge is 1.98. The summed E-state index contributed by atoms with van der Waals surface area (Å²) in [7, 11) is 1.95. The number of hydrogen-bond acceptors (Lipinski definition) is 3. The highest BCUT2D eigenvalue weighted by Crippen LogP contribution is 2.22. The van der Waals surface area contributed by atoms with Gasteiger partial charge in [-0.2, -0.15) is 0 Å². The van der Waals surface area contributed by atoms with Crippen molar-refractivity contribution >= 4 is 11.8 Å². The van der Waals surface area contributed by atoms with Crippen LogP contribution in [0, 0.1) is 0 Å². The molecule has 1 aromatic rings. The van der Waals surface area contributed by atoms with Crippen molar-refractivity contribution < 1.29 is 0 Å². The summed E-state index contributed by atoms with van der Waals surface area (Å²) in [5.41, 5.74) is 1.40. The van der Waals surface area contributed by atoms with Gasteiger partial charge in [0.25, 0.3) is 0 Å². The summed E-state index contributed by atoms with van der Waals surface area (Å²) < 4.78 is 0. The van der Waals surface area contributed by atoms with E-state index in [0.29, 0.717) is 5.25 Å². The first-order valence-electron chi connectivity index (χ1n) is 5.83. The Kier molecular flexibility index (Phi) is 6.53. The molecule has 0 saturated heterocycles. The molecule has 0 saturated carbocycles. The Balaban J connectivity index is 2.33. The maximum Gasteiger partial charge on any atom is 0.0451 e. The van der Waals surface area contributed by atoms with Gasteiger partial charge in [0.15, 0.2) is 0 Å². The van der Waals surface area contributed by atoms with Crippen LogP contribution in [0.2, 0.25) is 0 Å². The topological polar surface area (TPSA) is 24.1 Å². The number of hydrogen-bond donors (Lipinski definition) is 2. The van der Waals surface area contributed by atoms with Crippen LogP contribution in [0.5, 0.6) is 0 Å². The van der Waals surface area contributed by atoms with E-state index < -0.39 is 0 Å². The molecule has 90 valence electrons. The molecular formula is C13H22N2S. The first-order chi connectivity index (χ1) is 7.72. The lowest BCUT2D eigenvalue weighted by molar-refractivity contribution is 0.631. The van der Waals surface area contributed by atoms with E-state index in [1.807, 2.05) is 18.8 Å². The van der Waals surface area contributed by atoms with Crippen LogP contribution >= 0.6 is 11.8 Å². The summed E-state index contributed by atoms with van der Waals surface area (Å²) in [6.07, 6.45) is 1.09. The maximum atomic E-state index is 3.31.